The second kappa shape index (κ2) is 12.4. The number of nitrogens with zero attached hydrogens (tertiary/aromatic N) is 7. The number of carbonyl (C=O) groups excluding carboxylic acids is 2. The minimum absolute atomic E-state index is 0.0507. The molecule has 0 spiro atoms. The first-order valence-electron chi connectivity index (χ1n) is 11.9. The molecule has 1 aliphatic heterocycles. The van der Waals surface area contributed by atoms with Crippen molar-refractivity contribution < 1.29 is 19.1 Å². The maximum atomic E-state index is 12.8. The van der Waals surface area contributed by atoms with Crippen molar-refractivity contribution in [1.82, 2.24) is 29.8 Å². The van der Waals surface area contributed by atoms with Gasteiger partial charge in [0.25, 0.3) is 0 Å². The van der Waals surface area contributed by atoms with Gasteiger partial charge >= 0.3 is 12.1 Å². The average molecular weight is 508 g/mol. The Hall–Kier alpha value is -4.55. The third kappa shape index (κ3) is 7.22. The van der Waals surface area contributed by atoms with E-state index >= 15 is 0 Å². The van der Waals surface area contributed by atoms with Crippen LogP contribution in [0, 0.1) is 0 Å². The predicted octanol–water partition coefficient (Wildman–Crippen LogP) is 2.94. The predicted molar refractivity (Wildman–Crippen MR) is 135 cm³/mol. The summed E-state index contributed by atoms with van der Waals surface area (Å²) in [5, 5.41) is 5.38. The summed E-state index contributed by atoms with van der Waals surface area (Å²) in [5.41, 5.74) is 0.642. The summed E-state index contributed by atoms with van der Waals surface area (Å²) in [7, 11) is 1.74. The van der Waals surface area contributed by atoms with E-state index in [9.17, 15) is 9.59 Å². The zero-order valence-electron chi connectivity index (χ0n) is 20.7. The maximum absolute atomic E-state index is 12.8. The largest absolute Gasteiger partial charge is 0.477 e. The van der Waals surface area contributed by atoms with Gasteiger partial charge in [-0.05, 0) is 38.0 Å². The second-order valence-electron chi connectivity index (χ2n) is 8.22. The Morgan fingerprint density at radius 1 is 1.08 bits per heavy atom. The van der Waals surface area contributed by atoms with Crippen LogP contribution in [0.25, 0.3) is 0 Å². The molecule has 1 atom stereocenters. The standard InChI is InChI=1S/C24H29N9O4/c1-3-36-21-14-27-20(13-28-21)30-23(34)32(2)18-8-6-12-33(15-18)22-26-11-9-19(29-22)31-24(35)37-16-17-7-4-5-10-25-17/h4-5,7,9-11,13-14,18H,3,6,8,12,15-16H2,1-2H3,(H,27,30,34)(H,26,29,31,35)/t18-/m1/s1. The monoisotopic (exact) mass is 507 g/mol. The SMILES string of the molecule is CCOc1cnc(NC(=O)N(C)[C@@H]2CCCN(c3nccc(NC(=O)OCc4ccccn4)n3)C2)cn1. The number of amides is 3. The Kier molecular flexibility index (Phi) is 8.57. The molecule has 1 saturated heterocycles. The van der Waals surface area contributed by atoms with Gasteiger partial charge < -0.3 is 19.3 Å². The van der Waals surface area contributed by atoms with E-state index in [2.05, 4.69) is 35.6 Å². The molecule has 4 heterocycles. The van der Waals surface area contributed by atoms with Crippen LogP contribution in [-0.2, 0) is 11.3 Å². The molecule has 0 saturated carbocycles. The van der Waals surface area contributed by atoms with Crippen molar-refractivity contribution in [1.29, 1.82) is 0 Å². The van der Waals surface area contributed by atoms with Crippen LogP contribution < -0.4 is 20.3 Å². The van der Waals surface area contributed by atoms with E-state index in [1.807, 2.05) is 17.9 Å². The molecular weight excluding hydrogens is 478 g/mol. The smallest absolute Gasteiger partial charge is 0.413 e. The molecule has 4 rings (SSSR count). The fourth-order valence-electron chi connectivity index (χ4n) is 3.75. The number of piperidine rings is 1. The summed E-state index contributed by atoms with van der Waals surface area (Å²) in [4.78, 5) is 49.8. The van der Waals surface area contributed by atoms with Gasteiger partial charge in [0.05, 0.1) is 30.7 Å². The Bertz CT molecular complexity index is 1180. The van der Waals surface area contributed by atoms with Gasteiger partial charge in [-0.1, -0.05) is 6.07 Å². The number of rotatable bonds is 8. The van der Waals surface area contributed by atoms with Crippen molar-refractivity contribution in [2.45, 2.75) is 32.4 Å². The van der Waals surface area contributed by atoms with Crippen LogP contribution in [0.3, 0.4) is 0 Å². The number of likely N-dealkylation sites (N-methyl/N-ethyl adjacent to an activating group) is 1. The van der Waals surface area contributed by atoms with Crippen LogP contribution in [0.4, 0.5) is 27.2 Å². The van der Waals surface area contributed by atoms with Crippen LogP contribution in [-0.4, -0.2) is 74.7 Å². The summed E-state index contributed by atoms with van der Waals surface area (Å²) in [6, 6.07) is 6.60. The van der Waals surface area contributed by atoms with Crippen LogP contribution in [0.5, 0.6) is 5.88 Å². The third-order valence-corrected chi connectivity index (χ3v) is 5.65. The van der Waals surface area contributed by atoms with E-state index in [0.29, 0.717) is 42.3 Å². The van der Waals surface area contributed by atoms with Gasteiger partial charge in [0.2, 0.25) is 11.8 Å². The van der Waals surface area contributed by atoms with E-state index in [1.165, 1.54) is 12.4 Å². The number of pyridine rings is 1. The summed E-state index contributed by atoms with van der Waals surface area (Å²) >= 11 is 0. The summed E-state index contributed by atoms with van der Waals surface area (Å²) in [5.74, 6) is 1.51. The Balaban J connectivity index is 1.31. The summed E-state index contributed by atoms with van der Waals surface area (Å²) < 4.78 is 10.5. The van der Waals surface area contributed by atoms with Gasteiger partial charge in [-0.15, -0.1) is 0 Å². The van der Waals surface area contributed by atoms with E-state index < -0.39 is 6.09 Å². The minimum atomic E-state index is -0.638. The Labute approximate surface area is 214 Å². The van der Waals surface area contributed by atoms with Gasteiger partial charge in [-0.25, -0.2) is 24.5 Å². The van der Waals surface area contributed by atoms with Gasteiger partial charge in [0, 0.05) is 32.5 Å². The minimum Gasteiger partial charge on any atom is -0.477 e. The van der Waals surface area contributed by atoms with E-state index in [1.54, 1.807) is 42.5 Å². The number of hydrogen-bond acceptors (Lipinski definition) is 10. The molecule has 0 aromatic carbocycles. The molecule has 3 aromatic rings. The van der Waals surface area contributed by atoms with Crippen molar-refractivity contribution >= 4 is 29.7 Å². The number of hydrogen-bond donors (Lipinski definition) is 2. The van der Waals surface area contributed by atoms with E-state index in [0.717, 1.165) is 19.4 Å². The zero-order chi connectivity index (χ0) is 26.0. The van der Waals surface area contributed by atoms with Crippen LogP contribution >= 0.6 is 0 Å². The van der Waals surface area contributed by atoms with Gasteiger partial charge in [-0.3, -0.25) is 15.6 Å². The zero-order valence-corrected chi connectivity index (χ0v) is 20.7. The third-order valence-electron chi connectivity index (χ3n) is 5.65. The van der Waals surface area contributed by atoms with Crippen molar-refractivity contribution in [2.24, 2.45) is 0 Å². The average Bonchev–Trinajstić information content (AvgIpc) is 2.93. The lowest BCUT2D eigenvalue weighted by atomic mass is 10.1. The fourth-order valence-corrected chi connectivity index (χ4v) is 3.75. The molecule has 0 aliphatic carbocycles. The highest BCUT2D eigenvalue weighted by Crippen LogP contribution is 2.21. The summed E-state index contributed by atoms with van der Waals surface area (Å²) in [6.45, 7) is 3.65. The molecule has 1 fully saturated rings. The molecule has 3 aromatic heterocycles. The molecule has 3 amide bonds. The van der Waals surface area contributed by atoms with Crippen molar-refractivity contribution in [3.8, 4) is 5.88 Å². The number of aromatic nitrogens is 5. The highest BCUT2D eigenvalue weighted by Gasteiger charge is 2.28. The van der Waals surface area contributed by atoms with Crippen LogP contribution in [0.1, 0.15) is 25.5 Å². The second-order valence-corrected chi connectivity index (χ2v) is 8.22. The molecule has 2 N–H and O–H groups in total. The van der Waals surface area contributed by atoms with Gasteiger partial charge in [0.15, 0.2) is 5.82 Å². The molecule has 0 radical (unpaired) electrons. The first kappa shape index (κ1) is 25.5. The molecular formula is C24H29N9O4. The Morgan fingerprint density at radius 3 is 2.73 bits per heavy atom. The molecule has 13 nitrogen and oxygen atoms in total. The van der Waals surface area contributed by atoms with Gasteiger partial charge in [0.1, 0.15) is 12.4 Å². The van der Waals surface area contributed by atoms with Crippen molar-refractivity contribution in [2.75, 3.05) is 42.3 Å². The molecule has 194 valence electrons. The lowest BCUT2D eigenvalue weighted by Gasteiger charge is -2.37. The highest BCUT2D eigenvalue weighted by molar-refractivity contribution is 5.88. The van der Waals surface area contributed by atoms with Crippen molar-refractivity contribution in [3.05, 3.63) is 54.7 Å². The molecule has 13 heteroatoms. The summed E-state index contributed by atoms with van der Waals surface area (Å²) in [6.07, 6.45) is 7.16. The number of urea groups is 1. The Morgan fingerprint density at radius 2 is 1.97 bits per heavy atom. The first-order valence-corrected chi connectivity index (χ1v) is 11.9. The first-order chi connectivity index (χ1) is 18.0. The van der Waals surface area contributed by atoms with E-state index in [-0.39, 0.29) is 18.7 Å². The quantitative estimate of drug-likeness (QED) is 0.466. The van der Waals surface area contributed by atoms with E-state index in [4.69, 9.17) is 9.47 Å². The molecule has 0 unspecified atom stereocenters. The number of ether oxygens (including phenoxy) is 2. The molecule has 1 aliphatic rings. The normalized spacial score (nSPS) is 15.0. The van der Waals surface area contributed by atoms with Crippen LogP contribution in [0.15, 0.2) is 49.1 Å². The number of anilines is 3. The molecule has 37 heavy (non-hydrogen) atoms. The number of carbonyl (C=O) groups is 2. The van der Waals surface area contributed by atoms with Crippen LogP contribution in [0.2, 0.25) is 0 Å². The maximum Gasteiger partial charge on any atom is 0.413 e. The lowest BCUT2D eigenvalue weighted by molar-refractivity contribution is 0.153. The van der Waals surface area contributed by atoms with Crippen molar-refractivity contribution in [3.63, 3.8) is 0 Å². The number of nitrogens with one attached hydrogen (secondary N) is 2. The fraction of sp³-hybridized carbons (Fsp3) is 0.375. The van der Waals surface area contributed by atoms with Gasteiger partial charge in [-0.2, -0.15) is 4.98 Å². The highest BCUT2D eigenvalue weighted by atomic mass is 16.5. The molecule has 0 bridgehead atoms. The lowest BCUT2D eigenvalue weighted by Crippen LogP contribution is -2.50. The topological polar surface area (TPSA) is 148 Å².